The van der Waals surface area contributed by atoms with Gasteiger partial charge in [0.25, 0.3) is 0 Å². The predicted octanol–water partition coefficient (Wildman–Crippen LogP) is 1.55. The molecule has 0 spiro atoms. The number of nitrogens with one attached hydrogen (secondary N) is 3. The maximum atomic E-state index is 11.6. The Kier molecular flexibility index (Phi) is 6.36. The zero-order chi connectivity index (χ0) is 15.0. The van der Waals surface area contributed by atoms with Crippen LogP contribution in [0.1, 0.15) is 20.3 Å². The fourth-order valence-corrected chi connectivity index (χ4v) is 1.44. The van der Waals surface area contributed by atoms with Gasteiger partial charge < -0.3 is 21.7 Å². The van der Waals surface area contributed by atoms with Crippen molar-refractivity contribution in [3.8, 4) is 0 Å². The molecule has 0 saturated carbocycles. The molecule has 0 fully saturated rings. The maximum absolute atomic E-state index is 11.6. The van der Waals surface area contributed by atoms with Crippen molar-refractivity contribution in [3.63, 3.8) is 0 Å². The van der Waals surface area contributed by atoms with Crippen LogP contribution >= 0.6 is 0 Å². The van der Waals surface area contributed by atoms with Gasteiger partial charge >= 0.3 is 6.03 Å². The molecule has 0 aliphatic heterocycles. The molecule has 3 amide bonds. The minimum atomic E-state index is -0.341. The Morgan fingerprint density at radius 3 is 2.40 bits per heavy atom. The Hall–Kier alpha value is -2.24. The molecule has 6 heteroatoms. The van der Waals surface area contributed by atoms with Gasteiger partial charge in [0.2, 0.25) is 5.91 Å². The SMILES string of the molecule is CC(C)CNC(=O)CCNC(=O)Nc1ccc(N)cc1. The van der Waals surface area contributed by atoms with Gasteiger partial charge in [0.1, 0.15) is 0 Å². The lowest BCUT2D eigenvalue weighted by Crippen LogP contribution is -2.34. The summed E-state index contributed by atoms with van der Waals surface area (Å²) in [5, 5.41) is 8.07. The van der Waals surface area contributed by atoms with Gasteiger partial charge in [-0.3, -0.25) is 4.79 Å². The zero-order valence-electron chi connectivity index (χ0n) is 11.9. The highest BCUT2D eigenvalue weighted by atomic mass is 16.2. The van der Waals surface area contributed by atoms with E-state index in [2.05, 4.69) is 16.0 Å². The Balaban J connectivity index is 2.20. The standard InChI is InChI=1S/C14H22N4O2/c1-10(2)9-17-13(19)7-8-16-14(20)18-12-5-3-11(15)4-6-12/h3-6,10H,7-9,15H2,1-2H3,(H,17,19)(H2,16,18,20). The molecule has 0 radical (unpaired) electrons. The molecule has 1 rings (SSSR count). The molecule has 0 saturated heterocycles. The van der Waals surface area contributed by atoms with Crippen molar-refractivity contribution in [3.05, 3.63) is 24.3 Å². The third-order valence-corrected chi connectivity index (χ3v) is 2.51. The van der Waals surface area contributed by atoms with E-state index in [1.54, 1.807) is 24.3 Å². The monoisotopic (exact) mass is 278 g/mol. The van der Waals surface area contributed by atoms with Gasteiger partial charge in [-0.2, -0.15) is 0 Å². The number of urea groups is 1. The lowest BCUT2D eigenvalue weighted by Gasteiger charge is -2.09. The molecule has 0 aliphatic rings. The van der Waals surface area contributed by atoms with Gasteiger partial charge in [0, 0.05) is 30.9 Å². The van der Waals surface area contributed by atoms with E-state index in [4.69, 9.17) is 5.73 Å². The molecule has 20 heavy (non-hydrogen) atoms. The maximum Gasteiger partial charge on any atom is 0.319 e. The molecule has 0 aliphatic carbocycles. The number of benzene rings is 1. The predicted molar refractivity (Wildman–Crippen MR) is 80.3 cm³/mol. The molecule has 6 nitrogen and oxygen atoms in total. The van der Waals surface area contributed by atoms with Gasteiger partial charge in [0.05, 0.1) is 0 Å². The summed E-state index contributed by atoms with van der Waals surface area (Å²) in [4.78, 5) is 23.0. The normalized spacial score (nSPS) is 10.2. The second-order valence-electron chi connectivity index (χ2n) is 4.95. The summed E-state index contributed by atoms with van der Waals surface area (Å²) < 4.78 is 0. The number of hydrogen-bond acceptors (Lipinski definition) is 3. The number of amides is 3. The molecule has 0 bridgehead atoms. The molecule has 0 atom stereocenters. The Morgan fingerprint density at radius 1 is 1.15 bits per heavy atom. The first-order valence-electron chi connectivity index (χ1n) is 6.64. The minimum Gasteiger partial charge on any atom is -0.399 e. The van der Waals surface area contributed by atoms with E-state index in [0.29, 0.717) is 30.4 Å². The Labute approximate surface area is 119 Å². The molecular formula is C14H22N4O2. The first kappa shape index (κ1) is 15.8. The molecule has 1 aromatic rings. The minimum absolute atomic E-state index is 0.0634. The van der Waals surface area contributed by atoms with Crippen LogP contribution in [0.25, 0.3) is 0 Å². The van der Waals surface area contributed by atoms with Crippen molar-refractivity contribution in [1.29, 1.82) is 0 Å². The van der Waals surface area contributed by atoms with Gasteiger partial charge in [-0.05, 0) is 30.2 Å². The average molecular weight is 278 g/mol. The van der Waals surface area contributed by atoms with Crippen LogP contribution in [0, 0.1) is 5.92 Å². The van der Waals surface area contributed by atoms with Crippen molar-refractivity contribution in [1.82, 2.24) is 10.6 Å². The number of nitrogen functional groups attached to an aromatic ring is 1. The third kappa shape index (κ3) is 6.63. The molecule has 110 valence electrons. The fourth-order valence-electron chi connectivity index (χ4n) is 1.44. The largest absolute Gasteiger partial charge is 0.399 e. The summed E-state index contributed by atoms with van der Waals surface area (Å²) in [5.74, 6) is 0.354. The van der Waals surface area contributed by atoms with Crippen LogP contribution in [0.4, 0.5) is 16.2 Å². The van der Waals surface area contributed by atoms with Gasteiger partial charge in [-0.1, -0.05) is 13.8 Å². The van der Waals surface area contributed by atoms with Crippen molar-refractivity contribution in [2.24, 2.45) is 5.92 Å². The van der Waals surface area contributed by atoms with Crippen LogP contribution in [0.3, 0.4) is 0 Å². The fraction of sp³-hybridized carbons (Fsp3) is 0.429. The van der Waals surface area contributed by atoms with E-state index in [1.807, 2.05) is 13.8 Å². The van der Waals surface area contributed by atoms with Crippen molar-refractivity contribution in [2.45, 2.75) is 20.3 Å². The van der Waals surface area contributed by atoms with Gasteiger partial charge in [-0.25, -0.2) is 4.79 Å². The average Bonchev–Trinajstić information content (AvgIpc) is 2.39. The van der Waals surface area contributed by atoms with E-state index in [9.17, 15) is 9.59 Å². The molecule has 0 unspecified atom stereocenters. The van der Waals surface area contributed by atoms with E-state index >= 15 is 0 Å². The van der Waals surface area contributed by atoms with Crippen molar-refractivity contribution >= 4 is 23.3 Å². The van der Waals surface area contributed by atoms with Crippen molar-refractivity contribution < 1.29 is 9.59 Å². The van der Waals surface area contributed by atoms with E-state index < -0.39 is 0 Å². The number of carbonyl (C=O) groups excluding carboxylic acids is 2. The Bertz CT molecular complexity index is 443. The molecule has 0 aromatic heterocycles. The van der Waals surface area contributed by atoms with E-state index in [-0.39, 0.29) is 18.4 Å². The van der Waals surface area contributed by atoms with E-state index in [1.165, 1.54) is 0 Å². The topological polar surface area (TPSA) is 96.2 Å². The second-order valence-corrected chi connectivity index (χ2v) is 4.95. The molecule has 5 N–H and O–H groups in total. The smallest absolute Gasteiger partial charge is 0.319 e. The number of rotatable bonds is 6. The highest BCUT2D eigenvalue weighted by Gasteiger charge is 2.04. The first-order chi connectivity index (χ1) is 9.47. The third-order valence-electron chi connectivity index (χ3n) is 2.51. The number of hydrogen-bond donors (Lipinski definition) is 4. The van der Waals surface area contributed by atoms with Crippen LogP contribution in [0.2, 0.25) is 0 Å². The van der Waals surface area contributed by atoms with E-state index in [0.717, 1.165) is 0 Å². The summed E-state index contributed by atoms with van der Waals surface area (Å²) in [6.45, 7) is 5.00. The first-order valence-corrected chi connectivity index (χ1v) is 6.64. The summed E-state index contributed by atoms with van der Waals surface area (Å²) in [5.41, 5.74) is 6.84. The van der Waals surface area contributed by atoms with Crippen LogP contribution in [0.5, 0.6) is 0 Å². The molecular weight excluding hydrogens is 256 g/mol. The highest BCUT2D eigenvalue weighted by molar-refractivity contribution is 5.89. The summed E-state index contributed by atoms with van der Waals surface area (Å²) in [7, 11) is 0. The van der Waals surface area contributed by atoms with Gasteiger partial charge in [-0.15, -0.1) is 0 Å². The van der Waals surface area contributed by atoms with Gasteiger partial charge in [0.15, 0.2) is 0 Å². The summed E-state index contributed by atoms with van der Waals surface area (Å²) in [6.07, 6.45) is 0.266. The molecule has 0 heterocycles. The van der Waals surface area contributed by atoms with Crippen LogP contribution in [0.15, 0.2) is 24.3 Å². The number of anilines is 2. The van der Waals surface area contributed by atoms with Crippen LogP contribution in [-0.4, -0.2) is 25.0 Å². The molecule has 1 aromatic carbocycles. The van der Waals surface area contributed by atoms with Crippen molar-refractivity contribution in [2.75, 3.05) is 24.1 Å². The number of nitrogens with two attached hydrogens (primary N) is 1. The quantitative estimate of drug-likeness (QED) is 0.594. The van der Waals surface area contributed by atoms with Crippen LogP contribution in [-0.2, 0) is 4.79 Å². The summed E-state index contributed by atoms with van der Waals surface area (Å²) in [6, 6.07) is 6.49. The Morgan fingerprint density at radius 2 is 1.80 bits per heavy atom. The lowest BCUT2D eigenvalue weighted by atomic mass is 10.2. The lowest BCUT2D eigenvalue weighted by molar-refractivity contribution is -0.121. The highest BCUT2D eigenvalue weighted by Crippen LogP contribution is 2.09. The number of carbonyl (C=O) groups is 2. The second kappa shape index (κ2) is 8.04. The zero-order valence-corrected chi connectivity index (χ0v) is 11.9. The summed E-state index contributed by atoms with van der Waals surface area (Å²) >= 11 is 0. The van der Waals surface area contributed by atoms with Crippen LogP contribution < -0.4 is 21.7 Å².